The molecule has 0 fully saturated rings. The van der Waals surface area contributed by atoms with Crippen LogP contribution < -0.4 is 0 Å². The average molecular weight is 503 g/mol. The molecule has 5 aromatic carbocycles. The summed E-state index contributed by atoms with van der Waals surface area (Å²) in [5, 5.41) is 2.24. The molecule has 0 aliphatic heterocycles. The standard InChI is InChI=1S/C36H23FN2/c37-34-17-15-25(16-18-34)24-5-7-26(8-6-24)29-13-14-31-20-33(23-39-36(31)21-29)28-11-9-27(10-12-28)32-19-30-3-1-2-4-35(30)38-22-32/h1-23H. The van der Waals surface area contributed by atoms with Crippen molar-refractivity contribution >= 4 is 21.8 Å². The molecular weight excluding hydrogens is 479 g/mol. The van der Waals surface area contributed by atoms with Gasteiger partial charge in [-0.3, -0.25) is 9.97 Å². The Balaban J connectivity index is 1.13. The molecule has 0 aliphatic rings. The Morgan fingerprint density at radius 3 is 1.41 bits per heavy atom. The zero-order chi connectivity index (χ0) is 26.2. The van der Waals surface area contributed by atoms with Crippen molar-refractivity contribution in [2.45, 2.75) is 0 Å². The van der Waals surface area contributed by atoms with Crippen molar-refractivity contribution in [2.75, 3.05) is 0 Å². The molecule has 3 heteroatoms. The summed E-state index contributed by atoms with van der Waals surface area (Å²) in [7, 11) is 0. The van der Waals surface area contributed by atoms with Gasteiger partial charge in [0.2, 0.25) is 0 Å². The van der Waals surface area contributed by atoms with Crippen molar-refractivity contribution in [3.05, 3.63) is 146 Å². The summed E-state index contributed by atoms with van der Waals surface area (Å²) < 4.78 is 13.3. The van der Waals surface area contributed by atoms with Crippen LogP contribution in [0.4, 0.5) is 4.39 Å². The summed E-state index contributed by atoms with van der Waals surface area (Å²) in [5.74, 6) is -0.224. The first-order valence-electron chi connectivity index (χ1n) is 12.9. The van der Waals surface area contributed by atoms with Crippen molar-refractivity contribution < 1.29 is 4.39 Å². The SMILES string of the molecule is Fc1ccc(-c2ccc(-c3ccc4cc(-c5ccc(-c6cnc7ccccc7c6)cc5)cnc4c3)cc2)cc1. The van der Waals surface area contributed by atoms with Gasteiger partial charge in [-0.25, -0.2) is 4.39 Å². The van der Waals surface area contributed by atoms with Crippen molar-refractivity contribution in [3.8, 4) is 44.5 Å². The van der Waals surface area contributed by atoms with Crippen LogP contribution in [0.1, 0.15) is 0 Å². The van der Waals surface area contributed by atoms with Crippen LogP contribution in [0.2, 0.25) is 0 Å². The van der Waals surface area contributed by atoms with Gasteiger partial charge < -0.3 is 0 Å². The average Bonchev–Trinajstić information content (AvgIpc) is 3.01. The Bertz CT molecular complexity index is 1940. The van der Waals surface area contributed by atoms with E-state index in [0.29, 0.717) is 0 Å². The number of para-hydroxylation sites is 1. The molecule has 0 saturated heterocycles. The second-order valence-corrected chi connectivity index (χ2v) is 9.71. The predicted octanol–water partition coefficient (Wildman–Crippen LogP) is 9.59. The van der Waals surface area contributed by atoms with E-state index in [2.05, 4.69) is 89.9 Å². The summed E-state index contributed by atoms with van der Waals surface area (Å²) in [6, 6.07) is 42.4. The molecule has 0 unspecified atom stereocenters. The lowest BCUT2D eigenvalue weighted by atomic mass is 9.98. The van der Waals surface area contributed by atoms with Crippen LogP contribution in [-0.4, -0.2) is 9.97 Å². The summed E-state index contributed by atoms with van der Waals surface area (Å²) in [6.07, 6.45) is 3.87. The van der Waals surface area contributed by atoms with E-state index < -0.39 is 0 Å². The van der Waals surface area contributed by atoms with Crippen LogP contribution in [0.3, 0.4) is 0 Å². The molecule has 0 N–H and O–H groups in total. The first kappa shape index (κ1) is 23.0. The Labute approximate surface area is 226 Å². The zero-order valence-electron chi connectivity index (χ0n) is 21.1. The summed E-state index contributed by atoms with van der Waals surface area (Å²) >= 11 is 0. The number of aromatic nitrogens is 2. The van der Waals surface area contributed by atoms with Gasteiger partial charge in [-0.1, -0.05) is 91.0 Å². The van der Waals surface area contributed by atoms with Crippen molar-refractivity contribution in [2.24, 2.45) is 0 Å². The highest BCUT2D eigenvalue weighted by molar-refractivity contribution is 5.88. The topological polar surface area (TPSA) is 25.8 Å². The summed E-state index contributed by atoms with van der Waals surface area (Å²) in [5.41, 5.74) is 10.7. The van der Waals surface area contributed by atoms with E-state index in [1.54, 1.807) is 12.1 Å². The first-order chi connectivity index (χ1) is 19.2. The van der Waals surface area contributed by atoms with E-state index in [4.69, 9.17) is 4.98 Å². The number of fused-ring (bicyclic) bond motifs is 2. The molecule has 2 nitrogen and oxygen atoms in total. The lowest BCUT2D eigenvalue weighted by molar-refractivity contribution is 0.628. The molecule has 0 saturated carbocycles. The van der Waals surface area contributed by atoms with Crippen LogP contribution in [0.25, 0.3) is 66.3 Å². The molecule has 184 valence electrons. The fourth-order valence-corrected chi connectivity index (χ4v) is 5.04. The quantitative estimate of drug-likeness (QED) is 0.239. The lowest BCUT2D eigenvalue weighted by Crippen LogP contribution is -1.86. The molecule has 2 aromatic heterocycles. The zero-order valence-corrected chi connectivity index (χ0v) is 21.1. The van der Waals surface area contributed by atoms with Crippen LogP contribution in [0.15, 0.2) is 140 Å². The predicted molar refractivity (Wildman–Crippen MR) is 159 cm³/mol. The number of nitrogens with zero attached hydrogens (tertiary/aromatic N) is 2. The van der Waals surface area contributed by atoms with E-state index in [-0.39, 0.29) is 5.82 Å². The van der Waals surface area contributed by atoms with Gasteiger partial charge in [-0.15, -0.1) is 0 Å². The molecule has 0 amide bonds. The molecule has 0 spiro atoms. The lowest BCUT2D eigenvalue weighted by Gasteiger charge is -2.09. The maximum Gasteiger partial charge on any atom is 0.123 e. The van der Waals surface area contributed by atoms with Crippen molar-refractivity contribution in [1.29, 1.82) is 0 Å². The largest absolute Gasteiger partial charge is 0.256 e. The van der Waals surface area contributed by atoms with Crippen LogP contribution >= 0.6 is 0 Å². The number of rotatable bonds is 4. The minimum atomic E-state index is -0.224. The Kier molecular flexibility index (Phi) is 5.68. The van der Waals surface area contributed by atoms with Gasteiger partial charge >= 0.3 is 0 Å². The van der Waals surface area contributed by atoms with Crippen molar-refractivity contribution in [3.63, 3.8) is 0 Å². The monoisotopic (exact) mass is 502 g/mol. The molecule has 2 heterocycles. The van der Waals surface area contributed by atoms with Crippen LogP contribution in [-0.2, 0) is 0 Å². The molecule has 39 heavy (non-hydrogen) atoms. The van der Waals surface area contributed by atoms with Gasteiger partial charge in [0.1, 0.15) is 5.82 Å². The highest BCUT2D eigenvalue weighted by atomic mass is 19.1. The third kappa shape index (κ3) is 4.55. The number of hydrogen-bond acceptors (Lipinski definition) is 2. The third-order valence-corrected chi connectivity index (χ3v) is 7.22. The maximum absolute atomic E-state index is 13.3. The minimum absolute atomic E-state index is 0.224. The number of pyridine rings is 2. The van der Waals surface area contributed by atoms with Crippen molar-refractivity contribution in [1.82, 2.24) is 9.97 Å². The Morgan fingerprint density at radius 1 is 0.359 bits per heavy atom. The highest BCUT2D eigenvalue weighted by Crippen LogP contribution is 2.30. The highest BCUT2D eigenvalue weighted by Gasteiger charge is 2.07. The minimum Gasteiger partial charge on any atom is -0.256 e. The number of halogens is 1. The van der Waals surface area contributed by atoms with Gasteiger partial charge in [0.05, 0.1) is 11.0 Å². The van der Waals surface area contributed by atoms with Gasteiger partial charge in [0, 0.05) is 34.3 Å². The smallest absolute Gasteiger partial charge is 0.123 e. The maximum atomic E-state index is 13.3. The van der Waals surface area contributed by atoms with Gasteiger partial charge in [0.15, 0.2) is 0 Å². The van der Waals surface area contributed by atoms with Gasteiger partial charge in [0.25, 0.3) is 0 Å². The molecule has 0 aliphatic carbocycles. The van der Waals surface area contributed by atoms with Gasteiger partial charge in [-0.2, -0.15) is 0 Å². The normalized spacial score (nSPS) is 11.2. The van der Waals surface area contributed by atoms with E-state index in [0.717, 1.165) is 66.3 Å². The van der Waals surface area contributed by atoms with Crippen LogP contribution in [0.5, 0.6) is 0 Å². The second kappa shape index (κ2) is 9.62. The number of hydrogen-bond donors (Lipinski definition) is 0. The molecule has 7 rings (SSSR count). The first-order valence-corrected chi connectivity index (χ1v) is 12.9. The molecule has 0 atom stereocenters. The Hall–Kier alpha value is -5.15. The molecule has 7 aromatic rings. The molecule has 0 bridgehead atoms. The summed E-state index contributed by atoms with van der Waals surface area (Å²) in [6.45, 7) is 0. The van der Waals surface area contributed by atoms with Crippen LogP contribution in [0, 0.1) is 5.82 Å². The fourth-order valence-electron chi connectivity index (χ4n) is 5.04. The molecule has 0 radical (unpaired) electrons. The van der Waals surface area contributed by atoms with Gasteiger partial charge in [-0.05, 0) is 69.8 Å². The molecular formula is C36H23FN2. The number of benzene rings is 5. The Morgan fingerprint density at radius 2 is 0.795 bits per heavy atom. The second-order valence-electron chi connectivity index (χ2n) is 9.71. The summed E-state index contributed by atoms with van der Waals surface area (Å²) in [4.78, 5) is 9.39. The van der Waals surface area contributed by atoms with E-state index in [1.807, 2.05) is 30.6 Å². The fraction of sp³-hybridized carbons (Fsp3) is 0. The third-order valence-electron chi connectivity index (χ3n) is 7.22. The van der Waals surface area contributed by atoms with E-state index >= 15 is 0 Å². The van der Waals surface area contributed by atoms with E-state index in [1.165, 1.54) is 12.1 Å². The van der Waals surface area contributed by atoms with E-state index in [9.17, 15) is 4.39 Å².